The standard InChI is InChI=1S/C6H8O7.CH4N2O.3Na/c7-3(8)1-6(13,5(11)12)2-4(9)10;2-1(3)4;;;/h13H,1-2H2,(H,7,8)(H,9,10)(H,11,12);(H4,2,3,4);;;/q;;3*+1/p-3. The van der Waals surface area contributed by atoms with Crippen LogP contribution in [0, 0.1) is 0 Å². The van der Waals surface area contributed by atoms with E-state index in [0.29, 0.717) is 0 Å². The fraction of sp³-hybridized carbons (Fsp3) is 0.429. The molecule has 0 aromatic carbocycles. The van der Waals surface area contributed by atoms with Gasteiger partial charge in [-0.15, -0.1) is 0 Å². The van der Waals surface area contributed by atoms with Crippen LogP contribution >= 0.6 is 0 Å². The van der Waals surface area contributed by atoms with E-state index in [-0.39, 0.29) is 88.7 Å². The monoisotopic (exact) mass is 318 g/mol. The average molecular weight is 318 g/mol. The molecule has 0 heterocycles. The summed E-state index contributed by atoms with van der Waals surface area (Å²) in [6.45, 7) is 0. The smallest absolute Gasteiger partial charge is 0.550 e. The van der Waals surface area contributed by atoms with Crippen molar-refractivity contribution in [3.63, 3.8) is 0 Å². The second kappa shape index (κ2) is 16.0. The number of carboxylic acid groups (broad SMARTS) is 3. The van der Waals surface area contributed by atoms with E-state index in [4.69, 9.17) is 9.90 Å². The van der Waals surface area contributed by atoms with Crippen LogP contribution in [0.1, 0.15) is 12.8 Å². The number of carboxylic acids is 3. The second-order valence-electron chi connectivity index (χ2n) is 2.82. The molecule has 0 aromatic heterocycles. The molecule has 2 amide bonds. The van der Waals surface area contributed by atoms with E-state index in [9.17, 15) is 29.7 Å². The maximum Gasteiger partial charge on any atom is 1.00 e. The Morgan fingerprint density at radius 2 is 1.05 bits per heavy atom. The Morgan fingerprint density at radius 1 is 0.850 bits per heavy atom. The van der Waals surface area contributed by atoms with Gasteiger partial charge in [-0.1, -0.05) is 0 Å². The van der Waals surface area contributed by atoms with Crippen LogP contribution in [0.3, 0.4) is 0 Å². The molecule has 5 N–H and O–H groups in total. The van der Waals surface area contributed by atoms with Gasteiger partial charge < -0.3 is 46.3 Å². The van der Waals surface area contributed by atoms with E-state index in [1.165, 1.54) is 0 Å². The molecule has 0 aliphatic heterocycles. The predicted octanol–water partition coefficient (Wildman–Crippen LogP) is -15.2. The van der Waals surface area contributed by atoms with E-state index in [1.807, 2.05) is 0 Å². The maximum atomic E-state index is 10.1. The number of aliphatic carboxylic acids is 3. The van der Waals surface area contributed by atoms with Crippen LogP contribution in [-0.4, -0.2) is 34.6 Å². The summed E-state index contributed by atoms with van der Waals surface area (Å²) in [6, 6.07) is -0.833. The van der Waals surface area contributed by atoms with Gasteiger partial charge in [0, 0.05) is 24.8 Å². The molecule has 20 heavy (non-hydrogen) atoms. The zero-order valence-corrected chi connectivity index (χ0v) is 17.4. The van der Waals surface area contributed by atoms with Gasteiger partial charge in [-0.25, -0.2) is 4.79 Å². The van der Waals surface area contributed by atoms with Crippen molar-refractivity contribution in [3.05, 3.63) is 0 Å². The summed E-state index contributed by atoms with van der Waals surface area (Å²) in [4.78, 5) is 39.0. The van der Waals surface area contributed by atoms with Crippen LogP contribution in [0.5, 0.6) is 0 Å². The first-order chi connectivity index (χ1) is 7.51. The van der Waals surface area contributed by atoms with Crippen LogP contribution in [0.4, 0.5) is 4.79 Å². The third kappa shape index (κ3) is 20.9. The Kier molecular flexibility index (Phi) is 26.1. The van der Waals surface area contributed by atoms with Crippen molar-refractivity contribution in [3.8, 4) is 0 Å². The molecule has 13 heteroatoms. The fourth-order valence-electron chi connectivity index (χ4n) is 0.684. The van der Waals surface area contributed by atoms with Gasteiger partial charge in [-0.05, 0) is 0 Å². The molecular formula is C7H9N2Na3O8. The molecule has 0 aromatic rings. The topological polar surface area (TPSA) is 210 Å². The van der Waals surface area contributed by atoms with Gasteiger partial charge in [0.1, 0.15) is 5.60 Å². The van der Waals surface area contributed by atoms with Gasteiger partial charge in [0.25, 0.3) is 0 Å². The summed E-state index contributed by atoms with van der Waals surface area (Å²) >= 11 is 0. The largest absolute Gasteiger partial charge is 1.00 e. The summed E-state index contributed by atoms with van der Waals surface area (Å²) in [5, 5.41) is 38.9. The van der Waals surface area contributed by atoms with Crippen LogP contribution in [-0.2, 0) is 14.4 Å². The first kappa shape index (κ1) is 32.5. The molecule has 0 atom stereocenters. The molecule has 0 spiro atoms. The van der Waals surface area contributed by atoms with Crippen LogP contribution < -0.4 is 115 Å². The summed E-state index contributed by atoms with van der Waals surface area (Å²) < 4.78 is 0. The molecule has 0 aliphatic carbocycles. The molecule has 0 aliphatic rings. The summed E-state index contributed by atoms with van der Waals surface area (Å²) in [5.74, 6) is -5.98. The number of amides is 2. The van der Waals surface area contributed by atoms with Gasteiger partial charge in [0.2, 0.25) is 0 Å². The molecule has 0 rings (SSSR count). The average Bonchev–Trinajstić information content (AvgIpc) is 1.98. The van der Waals surface area contributed by atoms with Gasteiger partial charge >= 0.3 is 94.7 Å². The number of primary amides is 2. The summed E-state index contributed by atoms with van der Waals surface area (Å²) in [7, 11) is 0. The van der Waals surface area contributed by atoms with Crippen molar-refractivity contribution < 1.29 is 128 Å². The normalized spacial score (nSPS) is 8.25. The minimum Gasteiger partial charge on any atom is -0.550 e. The third-order valence-corrected chi connectivity index (χ3v) is 1.25. The predicted molar refractivity (Wildman–Crippen MR) is 43.0 cm³/mol. The van der Waals surface area contributed by atoms with E-state index in [1.54, 1.807) is 0 Å². The van der Waals surface area contributed by atoms with Gasteiger partial charge in [-0.3, -0.25) is 0 Å². The number of carbonyl (C=O) groups is 4. The SMILES string of the molecule is NC(N)=O.O=C([O-])CC(O)(CC(=O)[O-])C(=O)[O-].[Na+].[Na+].[Na+]. The van der Waals surface area contributed by atoms with Crippen molar-refractivity contribution in [2.75, 3.05) is 0 Å². The maximum absolute atomic E-state index is 10.1. The van der Waals surface area contributed by atoms with E-state index in [0.717, 1.165) is 0 Å². The fourth-order valence-corrected chi connectivity index (χ4v) is 0.684. The zero-order valence-electron chi connectivity index (χ0n) is 11.4. The number of nitrogens with two attached hydrogens (primary N) is 2. The molecule has 0 bridgehead atoms. The number of carbonyl (C=O) groups excluding carboxylic acids is 4. The summed E-state index contributed by atoms with van der Waals surface area (Å²) in [6.07, 6.45) is -2.72. The third-order valence-electron chi connectivity index (χ3n) is 1.25. The first-order valence-electron chi connectivity index (χ1n) is 3.89. The van der Waals surface area contributed by atoms with Crippen molar-refractivity contribution >= 4 is 23.9 Å². The van der Waals surface area contributed by atoms with Crippen molar-refractivity contribution in [2.45, 2.75) is 18.4 Å². The quantitative estimate of drug-likeness (QED) is 0.413. The Balaban J connectivity index is -0.0000000951. The minimum absolute atomic E-state index is 0. The van der Waals surface area contributed by atoms with Crippen molar-refractivity contribution in [1.82, 2.24) is 0 Å². The van der Waals surface area contributed by atoms with E-state index in [2.05, 4.69) is 11.5 Å². The Labute approximate surface area is 180 Å². The molecule has 0 unspecified atom stereocenters. The van der Waals surface area contributed by atoms with Crippen molar-refractivity contribution in [1.29, 1.82) is 0 Å². The number of hydrogen-bond donors (Lipinski definition) is 3. The number of hydrogen-bond acceptors (Lipinski definition) is 8. The van der Waals surface area contributed by atoms with Gasteiger partial charge in [-0.2, -0.15) is 0 Å². The Morgan fingerprint density at radius 3 is 1.15 bits per heavy atom. The van der Waals surface area contributed by atoms with Gasteiger partial charge in [0.15, 0.2) is 0 Å². The second-order valence-corrected chi connectivity index (χ2v) is 2.82. The van der Waals surface area contributed by atoms with Gasteiger partial charge in [0.05, 0.1) is 5.97 Å². The molecular weight excluding hydrogens is 309 g/mol. The Bertz CT molecular complexity index is 318. The molecule has 98 valence electrons. The Hall–Kier alpha value is 0.640. The van der Waals surface area contributed by atoms with Crippen molar-refractivity contribution in [2.24, 2.45) is 11.5 Å². The molecule has 0 saturated carbocycles. The van der Waals surface area contributed by atoms with Crippen LogP contribution in [0.15, 0.2) is 0 Å². The number of aliphatic hydroxyl groups is 1. The van der Waals surface area contributed by atoms with E-state index >= 15 is 0 Å². The number of rotatable bonds is 5. The van der Waals surface area contributed by atoms with Crippen LogP contribution in [0.25, 0.3) is 0 Å². The molecule has 10 nitrogen and oxygen atoms in total. The minimum atomic E-state index is -2.97. The van der Waals surface area contributed by atoms with Crippen LogP contribution in [0.2, 0.25) is 0 Å². The van der Waals surface area contributed by atoms with E-state index < -0.39 is 42.4 Å². The number of urea groups is 1. The molecule has 0 saturated heterocycles. The zero-order chi connectivity index (χ0) is 14.2. The molecule has 0 fully saturated rings. The first-order valence-corrected chi connectivity index (χ1v) is 3.89. The molecule has 0 radical (unpaired) electrons. The summed E-state index contributed by atoms with van der Waals surface area (Å²) in [5.41, 5.74) is 5.53.